The molecule has 0 radical (unpaired) electrons. The van der Waals surface area contributed by atoms with Gasteiger partial charge < -0.3 is 19.4 Å². The summed E-state index contributed by atoms with van der Waals surface area (Å²) in [5.74, 6) is 0. The van der Waals surface area contributed by atoms with Crippen LogP contribution in [0.25, 0.3) is 0 Å². The van der Waals surface area contributed by atoms with Gasteiger partial charge >= 0.3 is 7.32 Å². The molecule has 0 unspecified atom stereocenters. The Morgan fingerprint density at radius 3 is 2.25 bits per heavy atom. The van der Waals surface area contributed by atoms with E-state index in [1.165, 1.54) is 0 Å². The molecule has 12 heavy (non-hydrogen) atoms. The molecule has 5 heteroatoms. The molecule has 0 bridgehead atoms. The molecule has 2 N–H and O–H groups in total. The average Bonchev–Trinajstić information content (AvgIpc) is 1.95. The third-order valence-electron chi connectivity index (χ3n) is 1.01. The molecule has 4 nitrogen and oxygen atoms in total. The molecule has 0 aliphatic carbocycles. The van der Waals surface area contributed by atoms with E-state index in [0.717, 1.165) is 0 Å². The lowest BCUT2D eigenvalue weighted by Crippen LogP contribution is -2.28. The summed E-state index contributed by atoms with van der Waals surface area (Å²) in [4.78, 5) is 0. The van der Waals surface area contributed by atoms with Crippen molar-refractivity contribution in [2.24, 2.45) is 5.41 Å². The lowest BCUT2D eigenvalue weighted by atomic mass is 9.98. The van der Waals surface area contributed by atoms with Crippen LogP contribution in [0.1, 0.15) is 20.8 Å². The summed E-state index contributed by atoms with van der Waals surface area (Å²) in [6.45, 7) is 6.37. The summed E-state index contributed by atoms with van der Waals surface area (Å²) in [5, 5.41) is 17.3. The summed E-state index contributed by atoms with van der Waals surface area (Å²) < 4.78 is 9.60. The van der Waals surface area contributed by atoms with E-state index in [1.807, 2.05) is 20.8 Å². The van der Waals surface area contributed by atoms with Crippen LogP contribution in [0.4, 0.5) is 0 Å². The molecule has 0 aromatic carbocycles. The van der Waals surface area contributed by atoms with Crippen LogP contribution < -0.4 is 0 Å². The molecule has 0 aromatic heterocycles. The van der Waals surface area contributed by atoms with Crippen LogP contribution in [-0.2, 0) is 9.31 Å². The van der Waals surface area contributed by atoms with Gasteiger partial charge in [-0.3, -0.25) is 0 Å². The largest absolute Gasteiger partial charge is 0.636 e. The summed E-state index contributed by atoms with van der Waals surface area (Å²) in [5.41, 5.74) is 0.00353. The third-order valence-corrected chi connectivity index (χ3v) is 1.01. The van der Waals surface area contributed by atoms with Crippen molar-refractivity contribution < 1.29 is 19.4 Å². The normalized spacial score (nSPS) is 11.8. The highest BCUT2D eigenvalue weighted by Gasteiger charge is 2.19. The zero-order valence-electron chi connectivity index (χ0n) is 7.91. The molecular formula is C7H17BO4. The molecule has 72 valence electrons. The van der Waals surface area contributed by atoms with E-state index in [-0.39, 0.29) is 18.6 Å². The first-order valence-corrected chi connectivity index (χ1v) is 3.98. The molecule has 0 saturated heterocycles. The van der Waals surface area contributed by atoms with Crippen molar-refractivity contribution >= 4 is 7.32 Å². The van der Waals surface area contributed by atoms with Gasteiger partial charge in [0.15, 0.2) is 0 Å². The van der Waals surface area contributed by atoms with Crippen LogP contribution in [0.3, 0.4) is 0 Å². The van der Waals surface area contributed by atoms with Gasteiger partial charge in [-0.25, -0.2) is 0 Å². The fourth-order valence-corrected chi connectivity index (χ4v) is 0.523. The van der Waals surface area contributed by atoms with Gasteiger partial charge in [0.25, 0.3) is 0 Å². The second-order valence-corrected chi connectivity index (χ2v) is 3.77. The summed E-state index contributed by atoms with van der Waals surface area (Å²) in [7, 11) is -1.23. The highest BCUT2D eigenvalue weighted by atomic mass is 16.7. The molecular weight excluding hydrogens is 159 g/mol. The molecule has 0 aliphatic heterocycles. The highest BCUT2D eigenvalue weighted by molar-refractivity contribution is 6.34. The maximum Gasteiger partial charge on any atom is 0.636 e. The molecule has 0 fully saturated rings. The van der Waals surface area contributed by atoms with Crippen LogP contribution in [0.5, 0.6) is 0 Å². The average molecular weight is 176 g/mol. The molecule has 0 spiro atoms. The number of aliphatic hydroxyl groups is 1. The Morgan fingerprint density at radius 2 is 1.83 bits per heavy atom. The minimum absolute atomic E-state index is 0.00353. The first kappa shape index (κ1) is 11.9. The highest BCUT2D eigenvalue weighted by Crippen LogP contribution is 2.12. The number of hydrogen-bond donors (Lipinski definition) is 2. The molecule has 0 aliphatic rings. The Balaban J connectivity index is 3.37. The fourth-order valence-electron chi connectivity index (χ4n) is 0.523. The first-order valence-electron chi connectivity index (χ1n) is 3.98. The second-order valence-electron chi connectivity index (χ2n) is 3.77. The Hall–Kier alpha value is -0.0951. The zero-order valence-corrected chi connectivity index (χ0v) is 7.91. The number of hydrogen-bond acceptors (Lipinski definition) is 4. The summed E-state index contributed by atoms with van der Waals surface area (Å²) in [6.07, 6.45) is 0. The second kappa shape index (κ2) is 5.53. The van der Waals surface area contributed by atoms with E-state index in [4.69, 9.17) is 14.8 Å². The van der Waals surface area contributed by atoms with Crippen molar-refractivity contribution in [2.45, 2.75) is 20.8 Å². The van der Waals surface area contributed by atoms with Crippen LogP contribution in [-0.4, -0.2) is 37.3 Å². The topological polar surface area (TPSA) is 58.9 Å². The van der Waals surface area contributed by atoms with E-state index in [2.05, 4.69) is 4.65 Å². The van der Waals surface area contributed by atoms with Gasteiger partial charge in [-0.2, -0.15) is 0 Å². The minimum atomic E-state index is -1.23. The van der Waals surface area contributed by atoms with Crippen molar-refractivity contribution in [3.63, 3.8) is 0 Å². The van der Waals surface area contributed by atoms with Crippen LogP contribution >= 0.6 is 0 Å². The molecule has 0 atom stereocenters. The quantitative estimate of drug-likeness (QED) is 0.580. The van der Waals surface area contributed by atoms with Crippen molar-refractivity contribution in [3.05, 3.63) is 0 Å². The lowest BCUT2D eigenvalue weighted by molar-refractivity contribution is 0.0809. The SMILES string of the molecule is CC(C)(C)COB(O)OCCO. The van der Waals surface area contributed by atoms with E-state index < -0.39 is 7.32 Å². The van der Waals surface area contributed by atoms with Gasteiger partial charge in [0.05, 0.1) is 13.2 Å². The third kappa shape index (κ3) is 8.01. The van der Waals surface area contributed by atoms with Crippen molar-refractivity contribution in [2.75, 3.05) is 19.8 Å². The standard InChI is InChI=1S/C7H17BO4/c1-7(2,3)6-12-8(10)11-5-4-9/h9-10H,4-6H2,1-3H3. The lowest BCUT2D eigenvalue weighted by Gasteiger charge is -2.18. The predicted molar refractivity (Wildman–Crippen MR) is 46.4 cm³/mol. The Bertz CT molecular complexity index is 112. The maximum atomic E-state index is 8.99. The fraction of sp³-hybridized carbons (Fsp3) is 1.00. The van der Waals surface area contributed by atoms with Gasteiger partial charge in [0.1, 0.15) is 0 Å². The van der Waals surface area contributed by atoms with Gasteiger partial charge in [0, 0.05) is 6.61 Å². The summed E-state index contributed by atoms with van der Waals surface area (Å²) >= 11 is 0. The minimum Gasteiger partial charge on any atom is -0.402 e. The Labute approximate surface area is 73.7 Å². The van der Waals surface area contributed by atoms with Gasteiger partial charge in [0.2, 0.25) is 0 Å². The van der Waals surface area contributed by atoms with Crippen LogP contribution in [0.15, 0.2) is 0 Å². The maximum absolute atomic E-state index is 8.99. The molecule has 0 rings (SSSR count). The van der Waals surface area contributed by atoms with E-state index in [1.54, 1.807) is 0 Å². The van der Waals surface area contributed by atoms with Crippen molar-refractivity contribution in [3.8, 4) is 0 Å². The molecule has 0 saturated carbocycles. The molecule has 0 aromatic rings. The van der Waals surface area contributed by atoms with E-state index >= 15 is 0 Å². The monoisotopic (exact) mass is 176 g/mol. The zero-order chi connectivity index (χ0) is 9.61. The number of rotatable bonds is 5. The van der Waals surface area contributed by atoms with Crippen molar-refractivity contribution in [1.82, 2.24) is 0 Å². The summed E-state index contributed by atoms with van der Waals surface area (Å²) in [6, 6.07) is 0. The van der Waals surface area contributed by atoms with Gasteiger partial charge in [-0.1, -0.05) is 20.8 Å². The Kier molecular flexibility index (Phi) is 5.49. The molecule has 0 amide bonds. The molecule has 0 heterocycles. The van der Waals surface area contributed by atoms with Gasteiger partial charge in [-0.05, 0) is 5.41 Å². The van der Waals surface area contributed by atoms with Crippen LogP contribution in [0.2, 0.25) is 0 Å². The Morgan fingerprint density at radius 1 is 1.25 bits per heavy atom. The van der Waals surface area contributed by atoms with E-state index in [9.17, 15) is 0 Å². The number of aliphatic hydroxyl groups excluding tert-OH is 1. The van der Waals surface area contributed by atoms with E-state index in [0.29, 0.717) is 6.61 Å². The van der Waals surface area contributed by atoms with Crippen LogP contribution in [0, 0.1) is 5.41 Å². The van der Waals surface area contributed by atoms with Gasteiger partial charge in [-0.15, -0.1) is 0 Å². The smallest absolute Gasteiger partial charge is 0.402 e. The van der Waals surface area contributed by atoms with Crippen molar-refractivity contribution in [1.29, 1.82) is 0 Å². The predicted octanol–water partition coefficient (Wildman–Crippen LogP) is 0.0352. The first-order chi connectivity index (χ1) is 5.45.